The molecule has 0 unspecified atom stereocenters. The third-order valence-electron chi connectivity index (χ3n) is 3.26. The Bertz CT molecular complexity index is 555. The molecule has 0 saturated carbocycles. The molecule has 0 aromatic carbocycles. The number of pyridine rings is 1. The topological polar surface area (TPSA) is 56.7 Å². The van der Waals surface area contributed by atoms with Crippen molar-refractivity contribution in [1.29, 1.82) is 0 Å². The highest BCUT2D eigenvalue weighted by atomic mass is 15.1. The third kappa shape index (κ3) is 2.23. The van der Waals surface area contributed by atoms with Crippen molar-refractivity contribution in [3.63, 3.8) is 0 Å². The van der Waals surface area contributed by atoms with Crippen LogP contribution < -0.4 is 5.73 Å². The van der Waals surface area contributed by atoms with Crippen molar-refractivity contribution < 1.29 is 0 Å². The average molecular weight is 244 g/mol. The van der Waals surface area contributed by atoms with Gasteiger partial charge in [0.25, 0.3) is 0 Å². The number of aromatic nitrogens is 3. The van der Waals surface area contributed by atoms with E-state index < -0.39 is 0 Å². The van der Waals surface area contributed by atoms with Crippen LogP contribution in [0.4, 0.5) is 5.69 Å². The summed E-state index contributed by atoms with van der Waals surface area (Å²) in [6.07, 6.45) is 5.67. The number of rotatable bonds is 3. The lowest BCUT2D eigenvalue weighted by atomic mass is 10.1. The SMILES string of the molecule is Cc1cnc(Cn2ccnc2C(C)C)c(C)c1N. The van der Waals surface area contributed by atoms with Crippen molar-refractivity contribution in [2.75, 3.05) is 5.73 Å². The summed E-state index contributed by atoms with van der Waals surface area (Å²) in [6, 6.07) is 0. The first-order valence-corrected chi connectivity index (χ1v) is 6.22. The summed E-state index contributed by atoms with van der Waals surface area (Å²) in [5.41, 5.74) is 10.00. The van der Waals surface area contributed by atoms with E-state index in [1.807, 2.05) is 32.4 Å². The Labute approximate surface area is 108 Å². The molecule has 2 aromatic heterocycles. The van der Waals surface area contributed by atoms with Crippen LogP contribution in [0.5, 0.6) is 0 Å². The minimum atomic E-state index is 0.406. The highest BCUT2D eigenvalue weighted by Gasteiger charge is 2.11. The van der Waals surface area contributed by atoms with Gasteiger partial charge in [-0.1, -0.05) is 13.8 Å². The van der Waals surface area contributed by atoms with Gasteiger partial charge in [0, 0.05) is 30.2 Å². The monoisotopic (exact) mass is 244 g/mol. The molecule has 4 nitrogen and oxygen atoms in total. The maximum Gasteiger partial charge on any atom is 0.111 e. The van der Waals surface area contributed by atoms with E-state index in [-0.39, 0.29) is 0 Å². The first-order chi connectivity index (χ1) is 8.50. The predicted molar refractivity (Wildman–Crippen MR) is 73.5 cm³/mol. The Morgan fingerprint density at radius 3 is 2.67 bits per heavy atom. The number of hydrogen-bond acceptors (Lipinski definition) is 3. The fourth-order valence-electron chi connectivity index (χ4n) is 2.07. The molecular weight excluding hydrogens is 224 g/mol. The van der Waals surface area contributed by atoms with Crippen LogP contribution in [0.15, 0.2) is 18.6 Å². The third-order valence-corrected chi connectivity index (χ3v) is 3.26. The largest absolute Gasteiger partial charge is 0.398 e. The van der Waals surface area contributed by atoms with Gasteiger partial charge in [-0.25, -0.2) is 4.98 Å². The van der Waals surface area contributed by atoms with Gasteiger partial charge in [0.15, 0.2) is 0 Å². The summed E-state index contributed by atoms with van der Waals surface area (Å²) < 4.78 is 2.13. The lowest BCUT2D eigenvalue weighted by Gasteiger charge is -2.13. The van der Waals surface area contributed by atoms with Gasteiger partial charge in [-0.2, -0.15) is 0 Å². The Morgan fingerprint density at radius 1 is 1.28 bits per heavy atom. The van der Waals surface area contributed by atoms with E-state index >= 15 is 0 Å². The molecule has 0 radical (unpaired) electrons. The summed E-state index contributed by atoms with van der Waals surface area (Å²) in [7, 11) is 0. The van der Waals surface area contributed by atoms with E-state index in [0.717, 1.165) is 34.9 Å². The minimum Gasteiger partial charge on any atom is -0.398 e. The van der Waals surface area contributed by atoms with Gasteiger partial charge in [-0.05, 0) is 25.0 Å². The maximum atomic E-state index is 6.04. The van der Waals surface area contributed by atoms with E-state index in [4.69, 9.17) is 5.73 Å². The van der Waals surface area contributed by atoms with E-state index in [9.17, 15) is 0 Å². The second-order valence-electron chi connectivity index (χ2n) is 4.99. The molecule has 0 bridgehead atoms. The summed E-state index contributed by atoms with van der Waals surface area (Å²) in [6.45, 7) is 9.02. The maximum absolute atomic E-state index is 6.04. The number of nitrogens with zero attached hydrogens (tertiary/aromatic N) is 3. The molecule has 4 heteroatoms. The molecule has 2 heterocycles. The van der Waals surface area contributed by atoms with Gasteiger partial charge in [-0.15, -0.1) is 0 Å². The predicted octanol–water partition coefficient (Wildman–Crippen LogP) is 2.65. The number of aryl methyl sites for hydroxylation is 1. The van der Waals surface area contributed by atoms with Crippen LogP contribution >= 0.6 is 0 Å². The molecule has 0 aliphatic rings. The molecule has 2 N–H and O–H groups in total. The van der Waals surface area contributed by atoms with Gasteiger partial charge < -0.3 is 10.3 Å². The van der Waals surface area contributed by atoms with Gasteiger partial charge in [0.1, 0.15) is 5.82 Å². The molecule has 0 fully saturated rings. The normalized spacial score (nSPS) is 11.2. The number of anilines is 1. The van der Waals surface area contributed by atoms with E-state index in [2.05, 4.69) is 28.4 Å². The summed E-state index contributed by atoms with van der Waals surface area (Å²) in [4.78, 5) is 8.87. The molecule has 2 aromatic rings. The zero-order chi connectivity index (χ0) is 13.3. The number of imidazole rings is 1. The molecule has 0 saturated heterocycles. The molecule has 0 spiro atoms. The van der Waals surface area contributed by atoms with E-state index in [1.54, 1.807) is 0 Å². The molecule has 2 rings (SSSR count). The van der Waals surface area contributed by atoms with Gasteiger partial charge in [0.2, 0.25) is 0 Å². The molecule has 0 atom stereocenters. The highest BCUT2D eigenvalue weighted by molar-refractivity contribution is 5.53. The fraction of sp³-hybridized carbons (Fsp3) is 0.429. The van der Waals surface area contributed by atoms with E-state index in [0.29, 0.717) is 5.92 Å². The number of nitrogen functional groups attached to an aromatic ring is 1. The minimum absolute atomic E-state index is 0.406. The van der Waals surface area contributed by atoms with Crippen molar-refractivity contribution in [3.05, 3.63) is 41.2 Å². The standard InChI is InChI=1S/C14H20N4/c1-9(2)14-16-5-6-18(14)8-12-11(4)13(15)10(3)7-17-12/h5-7,9H,8H2,1-4H3,(H2,15,17). The van der Waals surface area contributed by atoms with Crippen molar-refractivity contribution in [2.24, 2.45) is 0 Å². The molecule has 18 heavy (non-hydrogen) atoms. The summed E-state index contributed by atoms with van der Waals surface area (Å²) >= 11 is 0. The molecule has 96 valence electrons. The van der Waals surface area contributed by atoms with E-state index in [1.165, 1.54) is 0 Å². The molecule has 0 aliphatic heterocycles. The average Bonchev–Trinajstić information content (AvgIpc) is 2.78. The van der Waals surface area contributed by atoms with Crippen LogP contribution in [0, 0.1) is 13.8 Å². The van der Waals surface area contributed by atoms with Crippen molar-refractivity contribution >= 4 is 5.69 Å². The summed E-state index contributed by atoms with van der Waals surface area (Å²) in [5.74, 6) is 1.48. The lowest BCUT2D eigenvalue weighted by molar-refractivity contribution is 0.659. The molecule has 0 amide bonds. The van der Waals surface area contributed by atoms with Gasteiger partial charge in [-0.3, -0.25) is 4.98 Å². The molecular formula is C14H20N4. The Balaban J connectivity index is 2.35. The van der Waals surface area contributed by atoms with Crippen molar-refractivity contribution in [1.82, 2.24) is 14.5 Å². The quantitative estimate of drug-likeness (QED) is 0.903. The first kappa shape index (κ1) is 12.6. The zero-order valence-electron chi connectivity index (χ0n) is 11.4. The van der Waals surface area contributed by atoms with Crippen LogP contribution in [0.3, 0.4) is 0 Å². The Morgan fingerprint density at radius 2 is 2.00 bits per heavy atom. The lowest BCUT2D eigenvalue weighted by Crippen LogP contribution is -2.10. The smallest absolute Gasteiger partial charge is 0.111 e. The Kier molecular flexibility index (Phi) is 3.36. The molecule has 0 aliphatic carbocycles. The van der Waals surface area contributed by atoms with Crippen LogP contribution in [0.1, 0.15) is 42.4 Å². The second-order valence-corrected chi connectivity index (χ2v) is 4.99. The van der Waals surface area contributed by atoms with Crippen molar-refractivity contribution in [3.8, 4) is 0 Å². The van der Waals surface area contributed by atoms with Crippen LogP contribution in [-0.4, -0.2) is 14.5 Å². The second kappa shape index (κ2) is 4.80. The Hall–Kier alpha value is -1.84. The van der Waals surface area contributed by atoms with Gasteiger partial charge in [0.05, 0.1) is 12.2 Å². The number of nitrogens with two attached hydrogens (primary N) is 1. The van der Waals surface area contributed by atoms with Crippen molar-refractivity contribution in [2.45, 2.75) is 40.2 Å². The first-order valence-electron chi connectivity index (χ1n) is 6.22. The van der Waals surface area contributed by atoms with Gasteiger partial charge >= 0.3 is 0 Å². The van der Waals surface area contributed by atoms with Crippen LogP contribution in [-0.2, 0) is 6.54 Å². The number of hydrogen-bond donors (Lipinski definition) is 1. The highest BCUT2D eigenvalue weighted by Crippen LogP contribution is 2.20. The van der Waals surface area contributed by atoms with Crippen LogP contribution in [0.25, 0.3) is 0 Å². The zero-order valence-corrected chi connectivity index (χ0v) is 11.4. The van der Waals surface area contributed by atoms with Crippen LogP contribution in [0.2, 0.25) is 0 Å². The summed E-state index contributed by atoms with van der Waals surface area (Å²) in [5, 5.41) is 0. The fourth-order valence-corrected chi connectivity index (χ4v) is 2.07.